The van der Waals surface area contributed by atoms with Crippen LogP contribution in [0.5, 0.6) is 11.5 Å². The standard InChI is InChI=1S/C26H22N2O5/c1-32-19-6-4-5-16(13-19)15-28-23(20-7-2-3-11-27-20)22(25(30)26(28)31)24(29)18-8-9-21-17(14-18)10-12-33-21/h2-9,11,13-14,23,29H,10,12,15H2,1H3/b24-22-. The summed E-state index contributed by atoms with van der Waals surface area (Å²) in [6, 6.07) is 17.1. The van der Waals surface area contributed by atoms with Crippen molar-refractivity contribution in [3.05, 3.63) is 94.8 Å². The molecule has 7 nitrogen and oxygen atoms in total. The number of benzene rings is 2. The van der Waals surface area contributed by atoms with Crippen LogP contribution in [0.25, 0.3) is 5.76 Å². The van der Waals surface area contributed by atoms with Crippen LogP contribution in [-0.4, -0.2) is 40.4 Å². The number of hydrogen-bond donors (Lipinski definition) is 1. The fourth-order valence-electron chi connectivity index (χ4n) is 4.35. The van der Waals surface area contributed by atoms with Gasteiger partial charge in [-0.05, 0) is 53.6 Å². The summed E-state index contributed by atoms with van der Waals surface area (Å²) in [6.45, 7) is 0.746. The van der Waals surface area contributed by atoms with Crippen LogP contribution in [0, 0.1) is 0 Å². The number of carbonyl (C=O) groups excluding carboxylic acids is 2. The average molecular weight is 442 g/mol. The third-order valence-corrected chi connectivity index (χ3v) is 5.96. The van der Waals surface area contributed by atoms with E-state index in [4.69, 9.17) is 9.47 Å². The minimum absolute atomic E-state index is 0.0282. The monoisotopic (exact) mass is 442 g/mol. The lowest BCUT2D eigenvalue weighted by atomic mass is 9.97. The lowest BCUT2D eigenvalue weighted by Crippen LogP contribution is -2.29. The van der Waals surface area contributed by atoms with Gasteiger partial charge in [-0.3, -0.25) is 14.6 Å². The maximum atomic E-state index is 13.2. The molecule has 2 aliphatic rings. The Balaban J connectivity index is 1.61. The Bertz CT molecular complexity index is 1270. The quantitative estimate of drug-likeness (QED) is 0.369. The second-order valence-corrected chi connectivity index (χ2v) is 7.95. The van der Waals surface area contributed by atoms with Gasteiger partial charge in [-0.1, -0.05) is 18.2 Å². The van der Waals surface area contributed by atoms with Crippen LogP contribution in [0.3, 0.4) is 0 Å². The number of amides is 1. The molecule has 166 valence electrons. The molecule has 0 saturated carbocycles. The zero-order chi connectivity index (χ0) is 22.9. The maximum Gasteiger partial charge on any atom is 0.296 e. The number of aliphatic hydroxyl groups excluding tert-OH is 1. The van der Waals surface area contributed by atoms with Crippen molar-refractivity contribution in [3.63, 3.8) is 0 Å². The van der Waals surface area contributed by atoms with Gasteiger partial charge in [0.05, 0.1) is 25.0 Å². The predicted octanol–water partition coefficient (Wildman–Crippen LogP) is 3.65. The summed E-state index contributed by atoms with van der Waals surface area (Å²) in [5, 5.41) is 11.2. The number of nitrogens with zero attached hydrogens (tertiary/aromatic N) is 2. The largest absolute Gasteiger partial charge is 0.507 e. The molecule has 2 aliphatic heterocycles. The lowest BCUT2D eigenvalue weighted by Gasteiger charge is -2.24. The van der Waals surface area contributed by atoms with Crippen molar-refractivity contribution in [1.29, 1.82) is 0 Å². The molecule has 1 amide bonds. The van der Waals surface area contributed by atoms with Crippen LogP contribution < -0.4 is 9.47 Å². The van der Waals surface area contributed by atoms with Gasteiger partial charge in [0, 0.05) is 24.7 Å². The first-order valence-electron chi connectivity index (χ1n) is 10.6. The van der Waals surface area contributed by atoms with E-state index in [1.165, 1.54) is 4.90 Å². The molecule has 0 aliphatic carbocycles. The van der Waals surface area contributed by atoms with Crippen molar-refractivity contribution in [3.8, 4) is 11.5 Å². The number of aliphatic hydroxyl groups is 1. The topological polar surface area (TPSA) is 89.0 Å². The summed E-state index contributed by atoms with van der Waals surface area (Å²) in [5.41, 5.74) is 2.76. The van der Waals surface area contributed by atoms with E-state index in [1.807, 2.05) is 30.3 Å². The van der Waals surface area contributed by atoms with E-state index in [2.05, 4.69) is 4.98 Å². The van der Waals surface area contributed by atoms with Gasteiger partial charge in [0.25, 0.3) is 11.7 Å². The highest BCUT2D eigenvalue weighted by molar-refractivity contribution is 6.46. The van der Waals surface area contributed by atoms with Crippen molar-refractivity contribution < 1.29 is 24.2 Å². The minimum atomic E-state index is -0.818. The highest BCUT2D eigenvalue weighted by Gasteiger charge is 2.46. The summed E-state index contributed by atoms with van der Waals surface area (Å²) in [4.78, 5) is 32.2. The number of ether oxygens (including phenoxy) is 2. The van der Waals surface area contributed by atoms with E-state index in [-0.39, 0.29) is 17.9 Å². The number of methoxy groups -OCH3 is 1. The van der Waals surface area contributed by atoms with Crippen LogP contribution in [0.2, 0.25) is 0 Å². The number of carbonyl (C=O) groups is 2. The van der Waals surface area contributed by atoms with E-state index in [0.29, 0.717) is 23.6 Å². The van der Waals surface area contributed by atoms with Gasteiger partial charge in [-0.15, -0.1) is 0 Å². The second-order valence-electron chi connectivity index (χ2n) is 7.95. The summed E-state index contributed by atoms with van der Waals surface area (Å²) in [6.07, 6.45) is 2.33. The van der Waals surface area contributed by atoms with E-state index in [9.17, 15) is 14.7 Å². The number of hydrogen-bond acceptors (Lipinski definition) is 6. The van der Waals surface area contributed by atoms with Crippen LogP contribution in [0.1, 0.15) is 28.4 Å². The third-order valence-electron chi connectivity index (χ3n) is 5.96. The van der Waals surface area contributed by atoms with E-state index in [1.54, 1.807) is 43.6 Å². The SMILES string of the molecule is COc1cccc(CN2C(=O)C(=O)/C(=C(\O)c3ccc4c(c3)CCO4)C2c2ccccn2)c1. The van der Waals surface area contributed by atoms with Gasteiger partial charge < -0.3 is 19.5 Å². The lowest BCUT2D eigenvalue weighted by molar-refractivity contribution is -0.140. The second kappa shape index (κ2) is 8.43. The van der Waals surface area contributed by atoms with Crippen LogP contribution in [0.4, 0.5) is 0 Å². The van der Waals surface area contributed by atoms with Gasteiger partial charge in [-0.2, -0.15) is 0 Å². The van der Waals surface area contributed by atoms with Crippen LogP contribution in [-0.2, 0) is 22.6 Å². The number of aromatic nitrogens is 1. The molecule has 1 saturated heterocycles. The zero-order valence-electron chi connectivity index (χ0n) is 18.0. The number of ketones is 1. The molecule has 1 N–H and O–H groups in total. The molecule has 3 aromatic rings. The maximum absolute atomic E-state index is 13.2. The average Bonchev–Trinajstić information content (AvgIpc) is 3.42. The molecular formula is C26H22N2O5. The zero-order valence-corrected chi connectivity index (χ0v) is 18.0. The Hall–Kier alpha value is -4.13. The van der Waals surface area contributed by atoms with Crippen molar-refractivity contribution in [2.75, 3.05) is 13.7 Å². The number of pyridine rings is 1. The molecule has 33 heavy (non-hydrogen) atoms. The Morgan fingerprint density at radius 2 is 2.03 bits per heavy atom. The number of rotatable bonds is 5. The predicted molar refractivity (Wildman–Crippen MR) is 121 cm³/mol. The van der Waals surface area contributed by atoms with E-state index in [0.717, 1.165) is 23.3 Å². The fraction of sp³-hybridized carbons (Fsp3) is 0.192. The Morgan fingerprint density at radius 3 is 2.82 bits per heavy atom. The summed E-state index contributed by atoms with van der Waals surface area (Å²) in [7, 11) is 1.57. The normalized spacial score (nSPS) is 18.8. The molecule has 1 atom stereocenters. The molecule has 7 heteroatoms. The Morgan fingerprint density at radius 1 is 1.15 bits per heavy atom. The van der Waals surface area contributed by atoms with Crippen LogP contribution >= 0.6 is 0 Å². The molecule has 1 unspecified atom stereocenters. The number of Topliss-reactive ketones (excluding diaryl/α,β-unsaturated/α-hetero) is 1. The van der Waals surface area contributed by atoms with Gasteiger partial charge in [0.2, 0.25) is 0 Å². The molecule has 0 bridgehead atoms. The molecule has 2 aromatic carbocycles. The van der Waals surface area contributed by atoms with Crippen molar-refractivity contribution in [1.82, 2.24) is 9.88 Å². The molecule has 5 rings (SSSR count). The molecular weight excluding hydrogens is 420 g/mol. The smallest absolute Gasteiger partial charge is 0.296 e. The van der Waals surface area contributed by atoms with Gasteiger partial charge in [0.1, 0.15) is 23.3 Å². The summed E-state index contributed by atoms with van der Waals surface area (Å²) >= 11 is 0. The van der Waals surface area contributed by atoms with E-state index < -0.39 is 17.7 Å². The third kappa shape index (κ3) is 3.71. The first kappa shape index (κ1) is 20.8. The molecule has 0 spiro atoms. The number of fused-ring (bicyclic) bond motifs is 1. The van der Waals surface area contributed by atoms with Crippen molar-refractivity contribution in [2.45, 2.75) is 19.0 Å². The molecule has 0 radical (unpaired) electrons. The van der Waals surface area contributed by atoms with Crippen LogP contribution in [0.15, 0.2) is 72.4 Å². The minimum Gasteiger partial charge on any atom is -0.507 e. The van der Waals surface area contributed by atoms with Gasteiger partial charge in [-0.25, -0.2) is 0 Å². The first-order chi connectivity index (χ1) is 16.1. The summed E-state index contributed by atoms with van der Waals surface area (Å²) < 4.78 is 10.8. The fourth-order valence-corrected chi connectivity index (χ4v) is 4.35. The summed E-state index contributed by atoms with van der Waals surface area (Å²) in [5.74, 6) is -0.209. The highest BCUT2D eigenvalue weighted by Crippen LogP contribution is 2.40. The van der Waals surface area contributed by atoms with E-state index >= 15 is 0 Å². The Labute approximate surface area is 190 Å². The number of likely N-dealkylation sites (tertiary alicyclic amines) is 1. The first-order valence-corrected chi connectivity index (χ1v) is 10.6. The highest BCUT2D eigenvalue weighted by atomic mass is 16.5. The molecule has 1 fully saturated rings. The van der Waals surface area contributed by atoms with Gasteiger partial charge >= 0.3 is 0 Å². The van der Waals surface area contributed by atoms with Crippen molar-refractivity contribution in [2.24, 2.45) is 0 Å². The van der Waals surface area contributed by atoms with Crippen molar-refractivity contribution >= 4 is 17.4 Å². The molecule has 3 heterocycles. The van der Waals surface area contributed by atoms with Gasteiger partial charge in [0.15, 0.2) is 0 Å². The molecule has 1 aromatic heterocycles. The Kier molecular flexibility index (Phi) is 5.30.